The van der Waals surface area contributed by atoms with Crippen LogP contribution in [0, 0.1) is 0 Å². The van der Waals surface area contributed by atoms with E-state index in [1.165, 1.54) is 29.2 Å². The predicted octanol–water partition coefficient (Wildman–Crippen LogP) is 3.73. The molecule has 1 aromatic heterocycles. The van der Waals surface area contributed by atoms with E-state index in [0.717, 1.165) is 35.2 Å². The molecule has 0 spiro atoms. The van der Waals surface area contributed by atoms with Crippen molar-refractivity contribution in [3.63, 3.8) is 0 Å². The molecular formula is C15H18BrN3S. The molecule has 2 saturated heterocycles. The highest BCUT2D eigenvalue weighted by atomic mass is 79.9. The van der Waals surface area contributed by atoms with Crippen LogP contribution in [0.2, 0.25) is 0 Å². The highest BCUT2D eigenvalue weighted by Crippen LogP contribution is 2.35. The second kappa shape index (κ2) is 4.97. The number of halogens is 1. The van der Waals surface area contributed by atoms with E-state index in [-0.39, 0.29) is 0 Å². The van der Waals surface area contributed by atoms with E-state index in [1.807, 2.05) is 11.3 Å². The normalized spacial score (nSPS) is 24.5. The van der Waals surface area contributed by atoms with Crippen molar-refractivity contribution in [2.75, 3.05) is 24.5 Å². The third kappa shape index (κ3) is 2.16. The van der Waals surface area contributed by atoms with Crippen molar-refractivity contribution in [1.29, 1.82) is 0 Å². The van der Waals surface area contributed by atoms with Crippen LogP contribution in [0.3, 0.4) is 0 Å². The van der Waals surface area contributed by atoms with Crippen molar-refractivity contribution in [2.45, 2.75) is 31.8 Å². The average molecular weight is 352 g/mol. The fourth-order valence-corrected chi connectivity index (χ4v) is 4.88. The molecule has 106 valence electrons. The molecule has 4 rings (SSSR count). The summed E-state index contributed by atoms with van der Waals surface area (Å²) < 4.78 is 2.40. The summed E-state index contributed by atoms with van der Waals surface area (Å²) in [5.74, 6) is 0. The van der Waals surface area contributed by atoms with Gasteiger partial charge in [-0.05, 0) is 44.5 Å². The Morgan fingerprint density at radius 3 is 2.95 bits per heavy atom. The number of rotatable bonds is 2. The van der Waals surface area contributed by atoms with Crippen LogP contribution in [0.5, 0.6) is 0 Å². The SMILES string of the molecule is C[C@@H]1CCCN1C1CN(c2nc3ccc(Br)cc3s2)C1. The zero-order chi connectivity index (χ0) is 13.7. The number of nitrogens with zero attached hydrogens (tertiary/aromatic N) is 3. The molecule has 0 amide bonds. The van der Waals surface area contributed by atoms with E-state index in [0.29, 0.717) is 0 Å². The summed E-state index contributed by atoms with van der Waals surface area (Å²) in [6, 6.07) is 7.84. The van der Waals surface area contributed by atoms with Gasteiger partial charge in [0.05, 0.1) is 10.2 Å². The van der Waals surface area contributed by atoms with Crippen molar-refractivity contribution in [2.24, 2.45) is 0 Å². The Morgan fingerprint density at radius 1 is 1.35 bits per heavy atom. The molecule has 2 aliphatic rings. The first kappa shape index (κ1) is 13.0. The van der Waals surface area contributed by atoms with Crippen LogP contribution in [-0.4, -0.2) is 41.6 Å². The minimum atomic E-state index is 0.742. The number of hydrogen-bond acceptors (Lipinski definition) is 4. The molecule has 3 heterocycles. The molecule has 0 unspecified atom stereocenters. The molecule has 5 heteroatoms. The third-order valence-corrected chi connectivity index (χ3v) is 6.12. The molecule has 20 heavy (non-hydrogen) atoms. The van der Waals surface area contributed by atoms with Gasteiger partial charge < -0.3 is 4.90 Å². The lowest BCUT2D eigenvalue weighted by atomic mass is 10.1. The van der Waals surface area contributed by atoms with Crippen molar-refractivity contribution in [3.05, 3.63) is 22.7 Å². The minimum absolute atomic E-state index is 0.742. The summed E-state index contributed by atoms with van der Waals surface area (Å²) in [4.78, 5) is 9.87. The Kier molecular flexibility index (Phi) is 3.24. The fourth-order valence-electron chi connectivity index (χ4n) is 3.34. The minimum Gasteiger partial charge on any atom is -0.345 e. The van der Waals surface area contributed by atoms with Gasteiger partial charge in [0, 0.05) is 29.6 Å². The molecule has 0 N–H and O–H groups in total. The second-order valence-electron chi connectivity index (χ2n) is 5.90. The number of likely N-dealkylation sites (tertiary alicyclic amines) is 1. The number of thiazole rings is 1. The van der Waals surface area contributed by atoms with Crippen LogP contribution in [0.4, 0.5) is 5.13 Å². The first-order valence-electron chi connectivity index (χ1n) is 7.27. The van der Waals surface area contributed by atoms with E-state index >= 15 is 0 Å². The summed E-state index contributed by atoms with van der Waals surface area (Å²) in [5.41, 5.74) is 1.12. The van der Waals surface area contributed by atoms with Crippen molar-refractivity contribution in [3.8, 4) is 0 Å². The average Bonchev–Trinajstić information content (AvgIpc) is 2.94. The molecule has 2 aromatic rings. The fraction of sp³-hybridized carbons (Fsp3) is 0.533. The van der Waals surface area contributed by atoms with Gasteiger partial charge in [-0.15, -0.1) is 0 Å². The monoisotopic (exact) mass is 351 g/mol. The molecule has 0 aliphatic carbocycles. The van der Waals surface area contributed by atoms with Crippen LogP contribution >= 0.6 is 27.3 Å². The molecule has 0 saturated carbocycles. The van der Waals surface area contributed by atoms with Crippen molar-refractivity contribution >= 4 is 42.6 Å². The Balaban J connectivity index is 1.49. The standard InChI is InChI=1S/C15H18BrN3S/c1-10-3-2-6-19(10)12-8-18(9-12)15-17-13-5-4-11(16)7-14(13)20-15/h4-5,7,10,12H,2-3,6,8-9H2,1H3/t10-/m1/s1. The van der Waals surface area contributed by atoms with Gasteiger partial charge in [0.15, 0.2) is 5.13 Å². The molecular weight excluding hydrogens is 334 g/mol. The van der Waals surface area contributed by atoms with Crippen LogP contribution in [-0.2, 0) is 0 Å². The van der Waals surface area contributed by atoms with Gasteiger partial charge in [-0.25, -0.2) is 4.98 Å². The number of aromatic nitrogens is 1. The molecule has 2 aliphatic heterocycles. The van der Waals surface area contributed by atoms with E-state index < -0.39 is 0 Å². The maximum Gasteiger partial charge on any atom is 0.186 e. The van der Waals surface area contributed by atoms with E-state index in [2.05, 4.69) is 50.9 Å². The molecule has 1 atom stereocenters. The highest BCUT2D eigenvalue weighted by Gasteiger charge is 2.37. The maximum absolute atomic E-state index is 4.76. The van der Waals surface area contributed by atoms with Gasteiger partial charge in [-0.2, -0.15) is 0 Å². The predicted molar refractivity (Wildman–Crippen MR) is 88.7 cm³/mol. The largest absolute Gasteiger partial charge is 0.345 e. The summed E-state index contributed by atoms with van der Waals surface area (Å²) >= 11 is 5.34. The zero-order valence-corrected chi connectivity index (χ0v) is 14.0. The van der Waals surface area contributed by atoms with Crippen LogP contribution in [0.15, 0.2) is 22.7 Å². The lowest BCUT2D eigenvalue weighted by Gasteiger charge is -2.45. The van der Waals surface area contributed by atoms with Gasteiger partial charge >= 0.3 is 0 Å². The van der Waals surface area contributed by atoms with E-state index in [1.54, 1.807) is 0 Å². The summed E-state index contributed by atoms with van der Waals surface area (Å²) in [7, 11) is 0. The Bertz CT molecular complexity index is 635. The molecule has 2 fully saturated rings. The first-order chi connectivity index (χ1) is 9.70. The third-order valence-electron chi connectivity index (χ3n) is 4.55. The lowest BCUT2D eigenvalue weighted by molar-refractivity contribution is 0.160. The summed E-state index contributed by atoms with van der Waals surface area (Å²) in [5, 5.41) is 1.18. The zero-order valence-electron chi connectivity index (χ0n) is 11.6. The smallest absolute Gasteiger partial charge is 0.186 e. The van der Waals surface area contributed by atoms with Crippen LogP contribution in [0.25, 0.3) is 10.2 Å². The van der Waals surface area contributed by atoms with Crippen LogP contribution in [0.1, 0.15) is 19.8 Å². The quantitative estimate of drug-likeness (QED) is 0.821. The summed E-state index contributed by atoms with van der Waals surface area (Å²) in [6.45, 7) is 5.94. The van der Waals surface area contributed by atoms with Gasteiger partial charge in [-0.3, -0.25) is 4.90 Å². The van der Waals surface area contributed by atoms with Crippen LogP contribution < -0.4 is 4.90 Å². The second-order valence-corrected chi connectivity index (χ2v) is 7.82. The van der Waals surface area contributed by atoms with E-state index in [9.17, 15) is 0 Å². The Labute approximate surface area is 131 Å². The lowest BCUT2D eigenvalue weighted by Crippen LogP contribution is -2.60. The number of hydrogen-bond donors (Lipinski definition) is 0. The molecule has 0 radical (unpaired) electrons. The Morgan fingerprint density at radius 2 is 2.20 bits per heavy atom. The van der Waals surface area contributed by atoms with Gasteiger partial charge in [0.25, 0.3) is 0 Å². The number of fused-ring (bicyclic) bond motifs is 1. The number of anilines is 1. The first-order valence-corrected chi connectivity index (χ1v) is 8.88. The molecule has 3 nitrogen and oxygen atoms in total. The Hall–Kier alpha value is -0.650. The highest BCUT2D eigenvalue weighted by molar-refractivity contribution is 9.10. The molecule has 1 aromatic carbocycles. The molecule has 0 bridgehead atoms. The van der Waals surface area contributed by atoms with Crippen molar-refractivity contribution in [1.82, 2.24) is 9.88 Å². The summed E-state index contributed by atoms with van der Waals surface area (Å²) in [6.07, 6.45) is 2.73. The van der Waals surface area contributed by atoms with Crippen molar-refractivity contribution < 1.29 is 0 Å². The topological polar surface area (TPSA) is 19.4 Å². The van der Waals surface area contributed by atoms with Gasteiger partial charge in [0.1, 0.15) is 0 Å². The maximum atomic E-state index is 4.76. The van der Waals surface area contributed by atoms with Gasteiger partial charge in [-0.1, -0.05) is 27.3 Å². The van der Waals surface area contributed by atoms with E-state index in [4.69, 9.17) is 4.98 Å². The number of benzene rings is 1. The van der Waals surface area contributed by atoms with Gasteiger partial charge in [0.2, 0.25) is 0 Å².